The van der Waals surface area contributed by atoms with Crippen LogP contribution in [0, 0.1) is 5.82 Å². The number of hydrogen-bond donors (Lipinski definition) is 2. The van der Waals surface area contributed by atoms with Gasteiger partial charge in [0.05, 0.1) is 0 Å². The molecular weight excluding hydrogens is 357 g/mol. The van der Waals surface area contributed by atoms with Crippen LogP contribution in [-0.2, 0) is 21.2 Å². The van der Waals surface area contributed by atoms with Gasteiger partial charge >= 0.3 is 0 Å². The quantitative estimate of drug-likeness (QED) is 0.780. The summed E-state index contributed by atoms with van der Waals surface area (Å²) in [6, 6.07) is 10.6. The number of nitrogens with zero attached hydrogens (tertiary/aromatic N) is 1. The van der Waals surface area contributed by atoms with Crippen LogP contribution in [0.3, 0.4) is 0 Å². The normalized spacial score (nSPS) is 14.1. The summed E-state index contributed by atoms with van der Waals surface area (Å²) >= 11 is 0. The van der Waals surface area contributed by atoms with E-state index in [1.807, 2.05) is 6.07 Å². The fourth-order valence-electron chi connectivity index (χ4n) is 3.08. The summed E-state index contributed by atoms with van der Waals surface area (Å²) in [7, 11) is -4.00. The molecule has 3 N–H and O–H groups in total. The van der Waals surface area contributed by atoms with Gasteiger partial charge in [0.25, 0.3) is 0 Å². The van der Waals surface area contributed by atoms with E-state index in [-0.39, 0.29) is 18.9 Å². The highest BCUT2D eigenvalue weighted by atomic mass is 32.2. The Balaban J connectivity index is 1.66. The summed E-state index contributed by atoms with van der Waals surface area (Å²) in [4.78, 5) is 13.7. The molecule has 0 aromatic heterocycles. The molecule has 1 aliphatic heterocycles. The van der Waals surface area contributed by atoms with Crippen molar-refractivity contribution >= 4 is 27.3 Å². The van der Waals surface area contributed by atoms with Crippen molar-refractivity contribution in [3.63, 3.8) is 0 Å². The zero-order chi connectivity index (χ0) is 18.7. The van der Waals surface area contributed by atoms with Crippen molar-refractivity contribution in [3.8, 4) is 0 Å². The molecule has 6 nitrogen and oxygen atoms in total. The van der Waals surface area contributed by atoms with E-state index in [1.165, 1.54) is 18.2 Å². The van der Waals surface area contributed by atoms with Crippen LogP contribution in [0.1, 0.15) is 18.4 Å². The van der Waals surface area contributed by atoms with Crippen LogP contribution in [0.15, 0.2) is 47.4 Å². The minimum Gasteiger partial charge on any atom is -0.398 e. The first-order chi connectivity index (χ1) is 12.4. The number of nitrogen functional groups attached to an aromatic ring is 1. The average Bonchev–Trinajstić information content (AvgIpc) is 2.61. The Labute approximate surface area is 151 Å². The van der Waals surface area contributed by atoms with Crippen molar-refractivity contribution in [2.75, 3.05) is 23.7 Å². The molecular formula is C18H20FN3O3S. The van der Waals surface area contributed by atoms with Gasteiger partial charge in [-0.1, -0.05) is 18.2 Å². The lowest BCUT2D eigenvalue weighted by molar-refractivity contribution is -0.118. The predicted molar refractivity (Wildman–Crippen MR) is 97.7 cm³/mol. The molecule has 0 unspecified atom stereocenters. The molecule has 2 aromatic carbocycles. The standard InChI is InChI=1S/C18H20FN3O3S/c19-14-6-1-2-9-17(14)26(24,25)21-11-10-18(23)22-12-4-5-13-15(20)7-3-8-16(13)22/h1-3,6-9,21H,4-5,10-12,20H2. The second-order valence-corrected chi connectivity index (χ2v) is 7.81. The lowest BCUT2D eigenvalue weighted by Gasteiger charge is -2.30. The highest BCUT2D eigenvalue weighted by Crippen LogP contribution is 2.31. The Hall–Kier alpha value is -2.45. The number of sulfonamides is 1. The number of halogens is 1. The summed E-state index contributed by atoms with van der Waals surface area (Å²) < 4.78 is 40.3. The highest BCUT2D eigenvalue weighted by Gasteiger charge is 2.24. The van der Waals surface area contributed by atoms with E-state index in [9.17, 15) is 17.6 Å². The number of anilines is 2. The molecule has 0 radical (unpaired) electrons. The molecule has 0 atom stereocenters. The van der Waals surface area contributed by atoms with Crippen LogP contribution in [0.4, 0.5) is 15.8 Å². The van der Waals surface area contributed by atoms with E-state index >= 15 is 0 Å². The maximum atomic E-state index is 13.7. The predicted octanol–water partition coefficient (Wildman–Crippen LogP) is 2.06. The Bertz CT molecular complexity index is 931. The number of nitrogens with one attached hydrogen (secondary N) is 1. The third-order valence-corrected chi connectivity index (χ3v) is 5.84. The Morgan fingerprint density at radius 3 is 2.73 bits per heavy atom. The van der Waals surface area contributed by atoms with Gasteiger partial charge in [-0.3, -0.25) is 4.79 Å². The fourth-order valence-corrected chi connectivity index (χ4v) is 4.19. The van der Waals surface area contributed by atoms with Gasteiger partial charge in [-0.15, -0.1) is 0 Å². The molecule has 1 aliphatic rings. The fraction of sp³-hybridized carbons (Fsp3) is 0.278. The van der Waals surface area contributed by atoms with Gasteiger partial charge in [0, 0.05) is 30.9 Å². The highest BCUT2D eigenvalue weighted by molar-refractivity contribution is 7.89. The Kier molecular flexibility index (Phi) is 5.24. The van der Waals surface area contributed by atoms with Crippen molar-refractivity contribution in [3.05, 3.63) is 53.8 Å². The van der Waals surface area contributed by atoms with Crippen LogP contribution < -0.4 is 15.4 Å². The smallest absolute Gasteiger partial charge is 0.243 e. The molecule has 0 saturated carbocycles. The summed E-state index contributed by atoms with van der Waals surface area (Å²) in [5, 5.41) is 0. The van der Waals surface area contributed by atoms with Crippen LogP contribution in [0.25, 0.3) is 0 Å². The van der Waals surface area contributed by atoms with E-state index < -0.39 is 20.7 Å². The van der Waals surface area contributed by atoms with E-state index in [0.717, 1.165) is 30.2 Å². The largest absolute Gasteiger partial charge is 0.398 e. The van der Waals surface area contributed by atoms with E-state index in [1.54, 1.807) is 17.0 Å². The molecule has 1 heterocycles. The van der Waals surface area contributed by atoms with Crippen molar-refractivity contribution in [1.82, 2.24) is 4.72 Å². The Morgan fingerprint density at radius 2 is 1.96 bits per heavy atom. The molecule has 1 amide bonds. The first-order valence-electron chi connectivity index (χ1n) is 8.32. The molecule has 26 heavy (non-hydrogen) atoms. The minimum atomic E-state index is -4.00. The van der Waals surface area contributed by atoms with Gasteiger partial charge in [0.2, 0.25) is 15.9 Å². The lowest BCUT2D eigenvalue weighted by atomic mass is 9.99. The maximum absolute atomic E-state index is 13.7. The van der Waals surface area contributed by atoms with Crippen molar-refractivity contribution < 1.29 is 17.6 Å². The SMILES string of the molecule is Nc1cccc2c1CCCN2C(=O)CCNS(=O)(=O)c1ccccc1F. The summed E-state index contributed by atoms with van der Waals surface area (Å²) in [6.07, 6.45) is 1.58. The van der Waals surface area contributed by atoms with Gasteiger partial charge in [-0.05, 0) is 42.7 Å². The summed E-state index contributed by atoms with van der Waals surface area (Å²) in [5.74, 6) is -1.03. The molecule has 0 spiro atoms. The zero-order valence-corrected chi connectivity index (χ0v) is 14.9. The van der Waals surface area contributed by atoms with E-state index in [0.29, 0.717) is 12.2 Å². The average molecular weight is 377 g/mol. The van der Waals surface area contributed by atoms with Gasteiger partial charge in [-0.25, -0.2) is 17.5 Å². The van der Waals surface area contributed by atoms with Crippen molar-refractivity contribution in [1.29, 1.82) is 0 Å². The molecule has 0 fully saturated rings. The first kappa shape index (κ1) is 18.3. The second-order valence-electron chi connectivity index (χ2n) is 6.07. The monoisotopic (exact) mass is 377 g/mol. The van der Waals surface area contributed by atoms with Gasteiger partial charge in [-0.2, -0.15) is 0 Å². The molecule has 8 heteroatoms. The third kappa shape index (κ3) is 3.71. The number of rotatable bonds is 5. The maximum Gasteiger partial charge on any atom is 0.243 e. The molecule has 0 saturated heterocycles. The van der Waals surface area contributed by atoms with Crippen molar-refractivity contribution in [2.24, 2.45) is 0 Å². The van der Waals surface area contributed by atoms with E-state index in [4.69, 9.17) is 5.73 Å². The van der Waals surface area contributed by atoms with Gasteiger partial charge < -0.3 is 10.6 Å². The minimum absolute atomic E-state index is 0.0259. The molecule has 138 valence electrons. The third-order valence-electron chi connectivity index (χ3n) is 4.34. The van der Waals surface area contributed by atoms with Crippen LogP contribution >= 0.6 is 0 Å². The number of carbonyl (C=O) groups excluding carboxylic acids is 1. The van der Waals surface area contributed by atoms with Gasteiger partial charge in [0.15, 0.2) is 0 Å². The van der Waals surface area contributed by atoms with Crippen LogP contribution in [0.5, 0.6) is 0 Å². The molecule has 0 aliphatic carbocycles. The topological polar surface area (TPSA) is 92.5 Å². The number of nitrogens with two attached hydrogens (primary N) is 1. The second kappa shape index (κ2) is 7.43. The Morgan fingerprint density at radius 1 is 1.19 bits per heavy atom. The molecule has 0 bridgehead atoms. The number of amides is 1. The van der Waals surface area contributed by atoms with Crippen LogP contribution in [0.2, 0.25) is 0 Å². The first-order valence-corrected chi connectivity index (χ1v) is 9.80. The number of hydrogen-bond acceptors (Lipinski definition) is 4. The number of fused-ring (bicyclic) bond motifs is 1. The molecule has 2 aromatic rings. The summed E-state index contributed by atoms with van der Waals surface area (Å²) in [6.45, 7) is 0.457. The van der Waals surface area contributed by atoms with E-state index in [2.05, 4.69) is 4.72 Å². The van der Waals surface area contributed by atoms with Crippen LogP contribution in [-0.4, -0.2) is 27.4 Å². The van der Waals surface area contributed by atoms with Gasteiger partial charge in [0.1, 0.15) is 10.7 Å². The van der Waals surface area contributed by atoms with Crippen molar-refractivity contribution in [2.45, 2.75) is 24.2 Å². The summed E-state index contributed by atoms with van der Waals surface area (Å²) in [5.41, 5.74) is 8.35. The zero-order valence-electron chi connectivity index (χ0n) is 14.1. The number of benzene rings is 2. The molecule has 3 rings (SSSR count). The number of carbonyl (C=O) groups is 1. The lowest BCUT2D eigenvalue weighted by Crippen LogP contribution is -2.38.